The molecule has 0 aliphatic heterocycles. The molecule has 1 N–H and O–H groups in total. The summed E-state index contributed by atoms with van der Waals surface area (Å²) < 4.78 is 14.3. The maximum atomic E-state index is 12.6. The SMILES string of the molecule is Cn1nccc1CCNC(=O)c1ccc(F)nc1. The number of aryl methyl sites for hydroxylation is 1. The van der Waals surface area contributed by atoms with E-state index in [1.807, 2.05) is 13.1 Å². The van der Waals surface area contributed by atoms with E-state index in [2.05, 4.69) is 15.4 Å². The normalized spacial score (nSPS) is 10.3. The van der Waals surface area contributed by atoms with Crippen molar-refractivity contribution in [2.45, 2.75) is 6.42 Å². The van der Waals surface area contributed by atoms with Crippen LogP contribution in [0.25, 0.3) is 0 Å². The van der Waals surface area contributed by atoms with E-state index in [9.17, 15) is 9.18 Å². The average Bonchev–Trinajstić information content (AvgIpc) is 2.76. The molecule has 0 atom stereocenters. The third-order valence-electron chi connectivity index (χ3n) is 2.58. The molecule has 2 aromatic rings. The molecule has 0 saturated carbocycles. The van der Waals surface area contributed by atoms with Gasteiger partial charge in [-0.2, -0.15) is 9.49 Å². The van der Waals surface area contributed by atoms with Crippen LogP contribution < -0.4 is 5.32 Å². The van der Waals surface area contributed by atoms with Gasteiger partial charge in [-0.1, -0.05) is 0 Å². The largest absolute Gasteiger partial charge is 0.352 e. The van der Waals surface area contributed by atoms with Gasteiger partial charge in [0.2, 0.25) is 5.95 Å². The van der Waals surface area contributed by atoms with Crippen LogP contribution in [0.3, 0.4) is 0 Å². The highest BCUT2D eigenvalue weighted by Crippen LogP contribution is 2.00. The number of carbonyl (C=O) groups excluding carboxylic acids is 1. The third-order valence-corrected chi connectivity index (χ3v) is 2.58. The molecule has 1 amide bonds. The molecule has 0 fully saturated rings. The van der Waals surface area contributed by atoms with Crippen molar-refractivity contribution in [1.29, 1.82) is 0 Å². The van der Waals surface area contributed by atoms with Crippen LogP contribution in [0.2, 0.25) is 0 Å². The molecular formula is C12H13FN4O. The van der Waals surface area contributed by atoms with Crippen LogP contribution in [0.5, 0.6) is 0 Å². The molecule has 5 nitrogen and oxygen atoms in total. The molecular weight excluding hydrogens is 235 g/mol. The molecule has 18 heavy (non-hydrogen) atoms. The second-order valence-corrected chi connectivity index (χ2v) is 3.82. The minimum atomic E-state index is -0.596. The zero-order valence-electron chi connectivity index (χ0n) is 9.93. The van der Waals surface area contributed by atoms with Crippen molar-refractivity contribution in [3.63, 3.8) is 0 Å². The first-order valence-corrected chi connectivity index (χ1v) is 5.53. The monoisotopic (exact) mass is 248 g/mol. The van der Waals surface area contributed by atoms with Crippen LogP contribution in [0, 0.1) is 5.95 Å². The Balaban J connectivity index is 1.85. The standard InChI is InChI=1S/C12H13FN4O/c1-17-10(5-7-16-17)4-6-14-12(18)9-2-3-11(13)15-8-9/h2-3,5,7-8H,4,6H2,1H3,(H,14,18). The van der Waals surface area contributed by atoms with E-state index in [0.717, 1.165) is 11.8 Å². The number of rotatable bonds is 4. The lowest BCUT2D eigenvalue weighted by Gasteiger charge is -2.05. The van der Waals surface area contributed by atoms with E-state index in [-0.39, 0.29) is 5.91 Å². The summed E-state index contributed by atoms with van der Waals surface area (Å²) in [6, 6.07) is 4.46. The van der Waals surface area contributed by atoms with Crippen LogP contribution in [0.15, 0.2) is 30.6 Å². The summed E-state index contributed by atoms with van der Waals surface area (Å²) >= 11 is 0. The number of aromatic nitrogens is 3. The molecule has 0 aliphatic carbocycles. The van der Waals surface area contributed by atoms with Crippen molar-refractivity contribution >= 4 is 5.91 Å². The van der Waals surface area contributed by atoms with Crippen molar-refractivity contribution in [2.24, 2.45) is 7.05 Å². The fourth-order valence-electron chi connectivity index (χ4n) is 1.56. The Morgan fingerprint density at radius 2 is 2.28 bits per heavy atom. The molecule has 0 aliphatic rings. The van der Waals surface area contributed by atoms with Crippen molar-refractivity contribution in [1.82, 2.24) is 20.1 Å². The fourth-order valence-corrected chi connectivity index (χ4v) is 1.56. The summed E-state index contributed by atoms with van der Waals surface area (Å²) in [7, 11) is 1.85. The number of halogens is 1. The minimum Gasteiger partial charge on any atom is -0.352 e. The zero-order valence-corrected chi connectivity index (χ0v) is 9.93. The number of hydrogen-bond acceptors (Lipinski definition) is 3. The van der Waals surface area contributed by atoms with E-state index in [1.165, 1.54) is 12.3 Å². The third kappa shape index (κ3) is 2.91. The molecule has 2 heterocycles. The maximum Gasteiger partial charge on any atom is 0.252 e. The summed E-state index contributed by atoms with van der Waals surface area (Å²) in [5.41, 5.74) is 1.38. The number of carbonyl (C=O) groups is 1. The Hall–Kier alpha value is -2.24. The Morgan fingerprint density at radius 1 is 1.44 bits per heavy atom. The fraction of sp³-hybridized carbons (Fsp3) is 0.250. The quantitative estimate of drug-likeness (QED) is 0.819. The van der Waals surface area contributed by atoms with Gasteiger partial charge in [0.1, 0.15) is 0 Å². The molecule has 0 unspecified atom stereocenters. The first kappa shape index (κ1) is 12.2. The van der Waals surface area contributed by atoms with Crippen molar-refractivity contribution in [2.75, 3.05) is 6.54 Å². The molecule has 0 spiro atoms. The predicted molar refractivity (Wildman–Crippen MR) is 63.4 cm³/mol. The van der Waals surface area contributed by atoms with E-state index >= 15 is 0 Å². The van der Waals surface area contributed by atoms with Crippen LogP contribution in [-0.4, -0.2) is 27.2 Å². The van der Waals surface area contributed by atoms with Gasteiger partial charge in [-0.3, -0.25) is 9.48 Å². The number of nitrogens with one attached hydrogen (secondary N) is 1. The first-order valence-electron chi connectivity index (χ1n) is 5.53. The Kier molecular flexibility index (Phi) is 3.66. The van der Waals surface area contributed by atoms with Gasteiger partial charge in [0.05, 0.1) is 5.56 Å². The minimum absolute atomic E-state index is 0.260. The molecule has 94 valence electrons. The number of nitrogens with zero attached hydrogens (tertiary/aromatic N) is 3. The van der Waals surface area contributed by atoms with Gasteiger partial charge in [-0.25, -0.2) is 4.98 Å². The van der Waals surface area contributed by atoms with E-state index < -0.39 is 5.95 Å². The molecule has 0 saturated heterocycles. The molecule has 0 bridgehead atoms. The lowest BCUT2D eigenvalue weighted by atomic mass is 10.2. The summed E-state index contributed by atoms with van der Waals surface area (Å²) in [5.74, 6) is -0.855. The number of amides is 1. The highest BCUT2D eigenvalue weighted by atomic mass is 19.1. The number of pyridine rings is 1. The second kappa shape index (κ2) is 5.39. The summed E-state index contributed by atoms with van der Waals surface area (Å²) in [4.78, 5) is 15.1. The van der Waals surface area contributed by atoms with Crippen LogP contribution in [0.1, 0.15) is 16.1 Å². The van der Waals surface area contributed by atoms with Gasteiger partial charge in [-0.15, -0.1) is 0 Å². The molecule has 0 aromatic carbocycles. The van der Waals surface area contributed by atoms with E-state index in [1.54, 1.807) is 10.9 Å². The second-order valence-electron chi connectivity index (χ2n) is 3.82. The van der Waals surface area contributed by atoms with Crippen LogP contribution in [-0.2, 0) is 13.5 Å². The molecule has 6 heteroatoms. The molecule has 2 aromatic heterocycles. The van der Waals surface area contributed by atoms with Crippen LogP contribution >= 0.6 is 0 Å². The maximum absolute atomic E-state index is 12.6. The molecule has 2 rings (SSSR count). The van der Waals surface area contributed by atoms with Gasteiger partial charge in [0.15, 0.2) is 0 Å². The summed E-state index contributed by atoms with van der Waals surface area (Å²) in [6.45, 7) is 0.496. The zero-order chi connectivity index (χ0) is 13.0. The topological polar surface area (TPSA) is 59.8 Å². The van der Waals surface area contributed by atoms with Gasteiger partial charge in [0.25, 0.3) is 5.91 Å². The average molecular weight is 248 g/mol. The Labute approximate surface area is 104 Å². The van der Waals surface area contributed by atoms with Crippen molar-refractivity contribution < 1.29 is 9.18 Å². The summed E-state index contributed by atoms with van der Waals surface area (Å²) in [6.07, 6.45) is 3.62. The predicted octanol–water partition coefficient (Wildman–Crippen LogP) is 0.927. The lowest BCUT2D eigenvalue weighted by molar-refractivity contribution is 0.0953. The van der Waals surface area contributed by atoms with E-state index in [0.29, 0.717) is 18.5 Å². The smallest absolute Gasteiger partial charge is 0.252 e. The van der Waals surface area contributed by atoms with Crippen molar-refractivity contribution in [3.05, 3.63) is 47.8 Å². The van der Waals surface area contributed by atoms with Crippen LogP contribution in [0.4, 0.5) is 4.39 Å². The van der Waals surface area contributed by atoms with Gasteiger partial charge < -0.3 is 5.32 Å². The Morgan fingerprint density at radius 3 is 2.89 bits per heavy atom. The van der Waals surface area contributed by atoms with Gasteiger partial charge in [0, 0.05) is 38.1 Å². The van der Waals surface area contributed by atoms with Crippen molar-refractivity contribution in [3.8, 4) is 0 Å². The lowest BCUT2D eigenvalue weighted by Crippen LogP contribution is -2.26. The first-order chi connectivity index (χ1) is 8.66. The molecule has 0 radical (unpaired) electrons. The summed E-state index contributed by atoms with van der Waals surface area (Å²) in [5, 5.41) is 6.78. The van der Waals surface area contributed by atoms with E-state index in [4.69, 9.17) is 0 Å². The van der Waals surface area contributed by atoms with Gasteiger partial charge >= 0.3 is 0 Å². The number of hydrogen-bond donors (Lipinski definition) is 1. The van der Waals surface area contributed by atoms with Gasteiger partial charge in [-0.05, 0) is 18.2 Å². The highest BCUT2D eigenvalue weighted by molar-refractivity contribution is 5.93. The Bertz CT molecular complexity index is 535. The highest BCUT2D eigenvalue weighted by Gasteiger charge is 2.06.